The number of halogens is 3. The normalized spacial score (nSPS) is 29.8. The third-order valence-corrected chi connectivity index (χ3v) is 10.7. The van der Waals surface area contributed by atoms with E-state index >= 15 is 0 Å². The van der Waals surface area contributed by atoms with Crippen LogP contribution in [-0.4, -0.2) is 132 Å². The predicted molar refractivity (Wildman–Crippen MR) is 164 cm³/mol. The lowest BCUT2D eigenvalue weighted by molar-refractivity contribution is -0.137. The monoisotopic (exact) mass is 630 g/mol. The van der Waals surface area contributed by atoms with Crippen molar-refractivity contribution in [2.75, 3.05) is 66.5 Å². The van der Waals surface area contributed by atoms with Gasteiger partial charge in [0.05, 0.1) is 18.7 Å². The molecule has 1 aromatic rings. The van der Waals surface area contributed by atoms with Gasteiger partial charge in [-0.15, -0.1) is 0 Å². The van der Waals surface area contributed by atoms with E-state index in [0.29, 0.717) is 25.4 Å². The number of hydrogen-bond acceptors (Lipinski definition) is 7. The number of nitrogens with one attached hydrogen (secondary N) is 1. The molecule has 2 atom stereocenters. The second kappa shape index (κ2) is 12.6. The van der Waals surface area contributed by atoms with Crippen LogP contribution in [-0.2, 0) is 11.0 Å². The van der Waals surface area contributed by atoms with Crippen LogP contribution in [0.1, 0.15) is 54.4 Å². The smallest absolute Gasteiger partial charge is 0.384 e. The van der Waals surface area contributed by atoms with E-state index in [-0.39, 0.29) is 30.1 Å². The van der Waals surface area contributed by atoms with E-state index in [1.165, 1.54) is 17.8 Å². The van der Waals surface area contributed by atoms with E-state index in [2.05, 4.69) is 51.2 Å². The average molecular weight is 631 g/mol. The molecular formula is C33H45F3N6O3. The molecule has 4 heterocycles. The number of alkyl halides is 3. The Morgan fingerprint density at radius 1 is 0.956 bits per heavy atom. The minimum absolute atomic E-state index is 0.0640. The van der Waals surface area contributed by atoms with Gasteiger partial charge in [0.15, 0.2) is 0 Å². The summed E-state index contributed by atoms with van der Waals surface area (Å²) in [5, 5.41) is 14.3. The van der Waals surface area contributed by atoms with Crippen molar-refractivity contribution in [1.29, 1.82) is 0 Å². The van der Waals surface area contributed by atoms with Crippen molar-refractivity contribution < 1.29 is 27.9 Å². The number of carbonyl (C=O) groups is 2. The molecular weight excluding hydrogens is 585 g/mol. The summed E-state index contributed by atoms with van der Waals surface area (Å²) in [6, 6.07) is 4.88. The number of likely N-dealkylation sites (N-methyl/N-ethyl adjacent to an activating group) is 2. The largest absolute Gasteiger partial charge is 0.416 e. The van der Waals surface area contributed by atoms with E-state index in [1.54, 1.807) is 0 Å². The molecule has 1 aliphatic carbocycles. The molecule has 0 bridgehead atoms. The summed E-state index contributed by atoms with van der Waals surface area (Å²) in [6.07, 6.45) is 4.66. The van der Waals surface area contributed by atoms with Crippen LogP contribution in [0, 0.1) is 0 Å². The van der Waals surface area contributed by atoms with Crippen molar-refractivity contribution in [3.63, 3.8) is 0 Å². The van der Waals surface area contributed by atoms with Gasteiger partial charge < -0.3 is 30.0 Å². The highest BCUT2D eigenvalue weighted by atomic mass is 19.4. The number of hydrogen-bond donors (Lipinski definition) is 2. The van der Waals surface area contributed by atoms with Crippen molar-refractivity contribution in [3.8, 4) is 0 Å². The SMILES string of the molecule is CN1CCN(C2=CC=C(C3(O)CCC(N4CC[C@H]5[C@@H]4CCN5C(=O)CNC(=O)c4cccc(C(F)(F)F)c4)CC3)N(C)C2)CC1. The molecule has 45 heavy (non-hydrogen) atoms. The van der Waals surface area contributed by atoms with E-state index in [0.717, 1.165) is 82.8 Å². The number of nitrogens with zero attached hydrogens (tertiary/aromatic N) is 5. The summed E-state index contributed by atoms with van der Waals surface area (Å²) in [5.74, 6) is -0.906. The fourth-order valence-electron chi connectivity index (χ4n) is 8.14. The maximum Gasteiger partial charge on any atom is 0.416 e. The third-order valence-electron chi connectivity index (χ3n) is 10.7. The molecule has 0 radical (unpaired) electrons. The Hall–Kier alpha value is -3.09. The maximum absolute atomic E-state index is 13.1. The number of likely N-dealkylation sites (tertiary alicyclic amines) is 2. The molecule has 12 heteroatoms. The van der Waals surface area contributed by atoms with Gasteiger partial charge in [0.1, 0.15) is 5.60 Å². The van der Waals surface area contributed by atoms with Crippen LogP contribution < -0.4 is 5.32 Å². The lowest BCUT2D eigenvalue weighted by Gasteiger charge is -2.46. The van der Waals surface area contributed by atoms with Gasteiger partial charge in [-0.1, -0.05) is 6.07 Å². The highest BCUT2D eigenvalue weighted by Gasteiger charge is 2.48. The van der Waals surface area contributed by atoms with E-state index in [9.17, 15) is 27.9 Å². The Morgan fingerprint density at radius 3 is 2.36 bits per heavy atom. The summed E-state index contributed by atoms with van der Waals surface area (Å²) in [6.45, 7) is 6.23. The molecule has 6 rings (SSSR count). The number of allylic oxidation sites excluding steroid dienone is 2. The topological polar surface area (TPSA) is 82.6 Å². The first kappa shape index (κ1) is 31.9. The van der Waals surface area contributed by atoms with Crippen LogP contribution in [0.25, 0.3) is 0 Å². The Kier molecular flexibility index (Phi) is 8.93. The zero-order valence-electron chi connectivity index (χ0n) is 26.2. The summed E-state index contributed by atoms with van der Waals surface area (Å²) in [5.41, 5.74) is 0.450. The molecule has 1 aromatic carbocycles. The van der Waals surface area contributed by atoms with E-state index < -0.39 is 23.2 Å². The van der Waals surface area contributed by atoms with Crippen LogP contribution in [0.4, 0.5) is 13.2 Å². The first-order valence-corrected chi connectivity index (χ1v) is 16.2. The highest BCUT2D eigenvalue weighted by molar-refractivity contribution is 5.96. The highest BCUT2D eigenvalue weighted by Crippen LogP contribution is 2.42. The second-order valence-electron chi connectivity index (χ2n) is 13.4. The number of aliphatic hydroxyl groups is 1. The molecule has 4 fully saturated rings. The van der Waals surface area contributed by atoms with Gasteiger partial charge in [-0.25, -0.2) is 0 Å². The van der Waals surface area contributed by atoms with Gasteiger partial charge in [0.25, 0.3) is 5.91 Å². The lowest BCUT2D eigenvalue weighted by atomic mass is 9.78. The minimum atomic E-state index is -4.54. The van der Waals surface area contributed by atoms with Gasteiger partial charge in [-0.05, 0) is 75.9 Å². The first-order chi connectivity index (χ1) is 21.4. The van der Waals surface area contributed by atoms with Crippen LogP contribution in [0.3, 0.4) is 0 Å². The molecule has 3 saturated heterocycles. The van der Waals surface area contributed by atoms with E-state index in [4.69, 9.17) is 0 Å². The quantitative estimate of drug-likeness (QED) is 0.501. The van der Waals surface area contributed by atoms with Gasteiger partial charge in [-0.2, -0.15) is 13.2 Å². The molecule has 2 amide bonds. The van der Waals surface area contributed by atoms with Crippen LogP contribution >= 0.6 is 0 Å². The zero-order chi connectivity index (χ0) is 31.9. The summed E-state index contributed by atoms with van der Waals surface area (Å²) < 4.78 is 39.1. The lowest BCUT2D eigenvalue weighted by Crippen LogP contribution is -2.51. The fraction of sp³-hybridized carbons (Fsp3) is 0.636. The second-order valence-corrected chi connectivity index (χ2v) is 13.4. The molecule has 2 N–H and O–H groups in total. The van der Waals surface area contributed by atoms with E-state index in [1.807, 2.05) is 4.90 Å². The van der Waals surface area contributed by atoms with Crippen molar-refractivity contribution >= 4 is 11.8 Å². The van der Waals surface area contributed by atoms with Crippen molar-refractivity contribution in [3.05, 3.63) is 58.9 Å². The summed E-state index contributed by atoms with van der Waals surface area (Å²) in [7, 11) is 4.24. The summed E-state index contributed by atoms with van der Waals surface area (Å²) >= 11 is 0. The van der Waals surface area contributed by atoms with Crippen LogP contribution in [0.5, 0.6) is 0 Å². The minimum Gasteiger partial charge on any atom is -0.384 e. The van der Waals surface area contributed by atoms with Crippen LogP contribution in [0.2, 0.25) is 0 Å². The molecule has 4 aliphatic heterocycles. The first-order valence-electron chi connectivity index (χ1n) is 16.2. The molecule has 0 unspecified atom stereocenters. The molecule has 0 spiro atoms. The standard InChI is InChI=1S/C33H45F3N6O3/c1-38-16-18-40(19-17-38)26-6-7-29(39(2)22-26)32(45)12-8-25(9-13-32)41-14-10-28-27(41)11-15-42(28)30(43)21-37-31(44)23-4-3-5-24(20-23)33(34,35)36/h3-7,20,25,27-28,45H,8-19,21-22H2,1-2H3,(H,37,44)/t25?,27-,28-,32?/m0/s1. The summed E-state index contributed by atoms with van der Waals surface area (Å²) in [4.78, 5) is 37.0. The predicted octanol–water partition coefficient (Wildman–Crippen LogP) is 2.74. The Bertz CT molecular complexity index is 1330. The number of rotatable bonds is 6. The Morgan fingerprint density at radius 2 is 1.67 bits per heavy atom. The average Bonchev–Trinajstić information content (AvgIpc) is 3.63. The number of fused-ring (bicyclic) bond motifs is 1. The van der Waals surface area contributed by atoms with Gasteiger partial charge in [-0.3, -0.25) is 14.5 Å². The van der Waals surface area contributed by atoms with Crippen molar-refractivity contribution in [2.45, 2.75) is 68.4 Å². The Balaban J connectivity index is 1.01. The molecule has 0 aromatic heterocycles. The Labute approximate surface area is 263 Å². The zero-order valence-corrected chi connectivity index (χ0v) is 26.2. The number of piperazine rings is 1. The molecule has 9 nitrogen and oxygen atoms in total. The van der Waals surface area contributed by atoms with Crippen LogP contribution in [0.15, 0.2) is 47.8 Å². The van der Waals surface area contributed by atoms with Gasteiger partial charge >= 0.3 is 6.18 Å². The number of carbonyl (C=O) groups excluding carboxylic acids is 2. The fourth-order valence-corrected chi connectivity index (χ4v) is 8.14. The third kappa shape index (κ3) is 6.59. The maximum atomic E-state index is 13.1. The van der Waals surface area contributed by atoms with Crippen molar-refractivity contribution in [2.24, 2.45) is 0 Å². The molecule has 1 saturated carbocycles. The molecule has 246 valence electrons. The number of benzene rings is 1. The number of amides is 2. The molecule has 5 aliphatic rings. The van der Waals surface area contributed by atoms with Gasteiger partial charge in [0.2, 0.25) is 5.91 Å². The van der Waals surface area contributed by atoms with Crippen molar-refractivity contribution in [1.82, 2.24) is 29.8 Å². The van der Waals surface area contributed by atoms with Gasteiger partial charge in [0, 0.05) is 81.4 Å².